The highest BCUT2D eigenvalue weighted by molar-refractivity contribution is 5.67. The molecule has 4 heteroatoms. The Balaban J connectivity index is 1.87. The Labute approximate surface area is 146 Å². The van der Waals surface area contributed by atoms with E-state index < -0.39 is 0 Å². The fourth-order valence-corrected chi connectivity index (χ4v) is 3.72. The first-order valence-electron chi connectivity index (χ1n) is 8.92. The highest BCUT2D eigenvalue weighted by atomic mass is 19.1. The Kier molecular flexibility index (Phi) is 4.12. The molecule has 0 radical (unpaired) electrons. The van der Waals surface area contributed by atoms with Crippen LogP contribution in [-0.2, 0) is 12.8 Å². The Morgan fingerprint density at radius 1 is 1.16 bits per heavy atom. The van der Waals surface area contributed by atoms with E-state index in [1.165, 1.54) is 25.0 Å². The fraction of sp³-hybridized carbons (Fsp3) is 0.333. The van der Waals surface area contributed by atoms with Gasteiger partial charge in [-0.2, -0.15) is 0 Å². The van der Waals surface area contributed by atoms with E-state index in [-0.39, 0.29) is 11.4 Å². The third kappa shape index (κ3) is 3.09. The van der Waals surface area contributed by atoms with Crippen molar-refractivity contribution in [3.8, 4) is 11.1 Å². The zero-order chi connectivity index (χ0) is 17.4. The first kappa shape index (κ1) is 16.0. The molecule has 1 aliphatic rings. The van der Waals surface area contributed by atoms with Gasteiger partial charge in [0.25, 0.3) is 5.56 Å². The summed E-state index contributed by atoms with van der Waals surface area (Å²) in [4.78, 5) is 17.7. The molecule has 1 unspecified atom stereocenters. The molecule has 1 aliphatic carbocycles. The number of nitrogens with zero attached hydrogens (tertiary/aromatic N) is 2. The molecular weight excluding hydrogens is 315 g/mol. The second-order valence-corrected chi connectivity index (χ2v) is 7.05. The molecule has 128 valence electrons. The summed E-state index contributed by atoms with van der Waals surface area (Å²) in [6.07, 6.45) is 6.84. The molecule has 0 amide bonds. The van der Waals surface area contributed by atoms with E-state index in [0.29, 0.717) is 11.6 Å². The summed E-state index contributed by atoms with van der Waals surface area (Å²) in [5, 5.41) is 0. The number of hydrogen-bond acceptors (Lipinski definition) is 2. The van der Waals surface area contributed by atoms with Crippen molar-refractivity contribution in [3.05, 3.63) is 70.0 Å². The highest BCUT2D eigenvalue weighted by Gasteiger charge is 2.18. The maximum absolute atomic E-state index is 13.5. The van der Waals surface area contributed by atoms with Gasteiger partial charge in [-0.05, 0) is 60.6 Å². The molecule has 0 spiro atoms. The molecule has 0 saturated heterocycles. The van der Waals surface area contributed by atoms with Gasteiger partial charge in [0.05, 0.1) is 5.69 Å². The number of rotatable bonds is 1. The van der Waals surface area contributed by atoms with E-state index in [0.717, 1.165) is 41.6 Å². The molecule has 2 aromatic heterocycles. The van der Waals surface area contributed by atoms with Crippen LogP contribution in [0, 0.1) is 11.7 Å². The second-order valence-electron chi connectivity index (χ2n) is 7.05. The summed E-state index contributed by atoms with van der Waals surface area (Å²) < 4.78 is 15.1. The van der Waals surface area contributed by atoms with E-state index in [4.69, 9.17) is 4.98 Å². The summed E-state index contributed by atoms with van der Waals surface area (Å²) in [6.45, 7) is 2.20. The monoisotopic (exact) mass is 336 g/mol. The molecule has 0 aliphatic heterocycles. The van der Waals surface area contributed by atoms with Crippen molar-refractivity contribution in [2.75, 3.05) is 0 Å². The van der Waals surface area contributed by atoms with Gasteiger partial charge in [-0.25, -0.2) is 9.37 Å². The lowest BCUT2D eigenvalue weighted by molar-refractivity contribution is 0.474. The maximum Gasteiger partial charge on any atom is 0.261 e. The summed E-state index contributed by atoms with van der Waals surface area (Å²) in [7, 11) is 0. The number of halogens is 1. The summed E-state index contributed by atoms with van der Waals surface area (Å²) in [5.74, 6) is 0.244. The molecule has 0 N–H and O–H groups in total. The smallest absolute Gasteiger partial charge is 0.261 e. The second kappa shape index (κ2) is 6.43. The van der Waals surface area contributed by atoms with Gasteiger partial charge in [0.1, 0.15) is 11.5 Å². The van der Waals surface area contributed by atoms with E-state index in [9.17, 15) is 9.18 Å². The van der Waals surface area contributed by atoms with E-state index in [2.05, 4.69) is 6.92 Å². The van der Waals surface area contributed by atoms with Crippen LogP contribution in [0.2, 0.25) is 0 Å². The SMILES string of the molecule is CC1CCCCc2nc3cc(-c4cccc(F)c4)ccn3c(=O)c2C1. The molecular formula is C21H21FN2O. The Morgan fingerprint density at radius 3 is 2.84 bits per heavy atom. The van der Waals surface area contributed by atoms with Crippen molar-refractivity contribution in [1.29, 1.82) is 0 Å². The average Bonchev–Trinajstić information content (AvgIpc) is 2.59. The number of aryl methyl sites for hydroxylation is 1. The lowest BCUT2D eigenvalue weighted by atomic mass is 9.90. The number of hydrogen-bond donors (Lipinski definition) is 0. The Hall–Kier alpha value is -2.49. The number of benzene rings is 1. The molecule has 0 fully saturated rings. The topological polar surface area (TPSA) is 34.4 Å². The van der Waals surface area contributed by atoms with Gasteiger partial charge >= 0.3 is 0 Å². The third-order valence-electron chi connectivity index (χ3n) is 5.08. The molecule has 2 heterocycles. The van der Waals surface area contributed by atoms with Crippen molar-refractivity contribution in [2.45, 2.75) is 39.0 Å². The van der Waals surface area contributed by atoms with Crippen LogP contribution in [0.4, 0.5) is 4.39 Å². The van der Waals surface area contributed by atoms with Crippen LogP contribution in [-0.4, -0.2) is 9.38 Å². The van der Waals surface area contributed by atoms with Crippen LogP contribution in [0.15, 0.2) is 47.4 Å². The third-order valence-corrected chi connectivity index (χ3v) is 5.08. The zero-order valence-corrected chi connectivity index (χ0v) is 14.3. The van der Waals surface area contributed by atoms with Crippen molar-refractivity contribution < 1.29 is 4.39 Å². The van der Waals surface area contributed by atoms with Crippen molar-refractivity contribution >= 4 is 5.65 Å². The van der Waals surface area contributed by atoms with Gasteiger partial charge in [0, 0.05) is 11.8 Å². The van der Waals surface area contributed by atoms with Gasteiger partial charge in [-0.15, -0.1) is 0 Å². The molecule has 4 rings (SSSR count). The Bertz CT molecular complexity index is 993. The number of pyridine rings is 1. The quantitative estimate of drug-likeness (QED) is 0.660. The normalized spacial score (nSPS) is 17.8. The van der Waals surface area contributed by atoms with Crippen LogP contribution in [0.5, 0.6) is 0 Å². The maximum atomic E-state index is 13.5. The van der Waals surface area contributed by atoms with Gasteiger partial charge in [-0.3, -0.25) is 9.20 Å². The first-order chi connectivity index (χ1) is 12.1. The van der Waals surface area contributed by atoms with Crippen molar-refractivity contribution in [2.24, 2.45) is 5.92 Å². The van der Waals surface area contributed by atoms with Gasteiger partial charge in [0.2, 0.25) is 0 Å². The number of fused-ring (bicyclic) bond motifs is 2. The number of aromatic nitrogens is 2. The van der Waals surface area contributed by atoms with Crippen LogP contribution in [0.1, 0.15) is 37.4 Å². The van der Waals surface area contributed by atoms with Crippen LogP contribution in [0.25, 0.3) is 16.8 Å². The minimum absolute atomic E-state index is 0.0412. The lowest BCUT2D eigenvalue weighted by Gasteiger charge is -2.18. The molecule has 0 saturated carbocycles. The van der Waals surface area contributed by atoms with E-state index in [1.807, 2.05) is 18.2 Å². The molecule has 1 atom stereocenters. The lowest BCUT2D eigenvalue weighted by Crippen LogP contribution is -2.25. The zero-order valence-electron chi connectivity index (χ0n) is 14.3. The molecule has 0 bridgehead atoms. The first-order valence-corrected chi connectivity index (χ1v) is 8.92. The van der Waals surface area contributed by atoms with Gasteiger partial charge in [0.15, 0.2) is 0 Å². The molecule has 3 aromatic rings. The van der Waals surface area contributed by atoms with E-state index in [1.54, 1.807) is 16.7 Å². The standard InChI is InChI=1S/C21H21FN2O/c1-14-5-2-3-8-19-18(11-14)21(25)24-10-9-16(13-20(24)23-19)15-6-4-7-17(22)12-15/h4,6-7,9-10,12-14H,2-3,5,8,11H2,1H3. The average molecular weight is 336 g/mol. The highest BCUT2D eigenvalue weighted by Crippen LogP contribution is 2.24. The van der Waals surface area contributed by atoms with Crippen LogP contribution < -0.4 is 5.56 Å². The largest absolute Gasteiger partial charge is 0.269 e. The predicted molar refractivity (Wildman–Crippen MR) is 97.3 cm³/mol. The van der Waals surface area contributed by atoms with Crippen molar-refractivity contribution in [1.82, 2.24) is 9.38 Å². The minimum atomic E-state index is -0.269. The summed E-state index contributed by atoms with van der Waals surface area (Å²) >= 11 is 0. The summed E-state index contributed by atoms with van der Waals surface area (Å²) in [5.41, 5.74) is 4.14. The van der Waals surface area contributed by atoms with Gasteiger partial charge in [-0.1, -0.05) is 31.9 Å². The summed E-state index contributed by atoms with van der Waals surface area (Å²) in [6, 6.07) is 10.2. The van der Waals surface area contributed by atoms with Crippen LogP contribution >= 0.6 is 0 Å². The molecule has 25 heavy (non-hydrogen) atoms. The minimum Gasteiger partial charge on any atom is -0.269 e. The Morgan fingerprint density at radius 2 is 2.00 bits per heavy atom. The molecule has 3 nitrogen and oxygen atoms in total. The van der Waals surface area contributed by atoms with Crippen molar-refractivity contribution in [3.63, 3.8) is 0 Å². The van der Waals surface area contributed by atoms with Crippen LogP contribution in [0.3, 0.4) is 0 Å². The predicted octanol–water partition coefficient (Wildman–Crippen LogP) is 4.41. The fourth-order valence-electron chi connectivity index (χ4n) is 3.72. The molecule has 1 aromatic carbocycles. The van der Waals surface area contributed by atoms with E-state index >= 15 is 0 Å². The van der Waals surface area contributed by atoms with Gasteiger partial charge < -0.3 is 0 Å².